The number of hydrogen-bond donors (Lipinski definition) is 2. The fraction of sp³-hybridized carbons (Fsp3) is 0.250. The Morgan fingerprint density at radius 3 is 2.61 bits per heavy atom. The Morgan fingerprint density at radius 2 is 1.97 bits per heavy atom. The summed E-state index contributed by atoms with van der Waals surface area (Å²) < 4.78 is 10.9. The van der Waals surface area contributed by atoms with Crippen molar-refractivity contribution in [2.45, 2.75) is 26.7 Å². The van der Waals surface area contributed by atoms with Crippen LogP contribution in [0, 0.1) is 18.3 Å². The zero-order valence-electron chi connectivity index (χ0n) is 20.6. The highest BCUT2D eigenvalue weighted by atomic mass is 32.2. The van der Waals surface area contributed by atoms with Crippen LogP contribution in [0.25, 0.3) is 0 Å². The molecule has 0 bridgehead atoms. The van der Waals surface area contributed by atoms with Crippen molar-refractivity contribution in [3.05, 3.63) is 94.2 Å². The topological polar surface area (TPSA) is 100 Å². The Morgan fingerprint density at radius 1 is 1.22 bits per heavy atom. The van der Waals surface area contributed by atoms with Gasteiger partial charge >= 0.3 is 5.97 Å². The van der Waals surface area contributed by atoms with Gasteiger partial charge < -0.3 is 20.1 Å². The molecule has 186 valence electrons. The summed E-state index contributed by atoms with van der Waals surface area (Å²) in [6, 6.07) is 17.1. The van der Waals surface area contributed by atoms with Crippen LogP contribution in [0.1, 0.15) is 30.9 Å². The molecule has 0 fully saturated rings. The lowest BCUT2D eigenvalue weighted by molar-refractivity contribution is -0.138. The molecule has 0 saturated heterocycles. The monoisotopic (exact) mass is 503 g/mol. The Kier molecular flexibility index (Phi) is 9.37. The van der Waals surface area contributed by atoms with Crippen molar-refractivity contribution in [3.63, 3.8) is 0 Å². The lowest BCUT2D eigenvalue weighted by atomic mass is 9.82. The number of dihydropyridines is 1. The van der Waals surface area contributed by atoms with Crippen molar-refractivity contribution in [2.24, 2.45) is 0 Å². The van der Waals surface area contributed by atoms with E-state index in [1.807, 2.05) is 50.2 Å². The van der Waals surface area contributed by atoms with E-state index in [9.17, 15) is 14.9 Å². The molecule has 1 atom stereocenters. The molecule has 0 spiro atoms. The molecule has 2 aromatic rings. The number of rotatable bonds is 10. The van der Waals surface area contributed by atoms with Crippen LogP contribution in [0.15, 0.2) is 83.1 Å². The summed E-state index contributed by atoms with van der Waals surface area (Å²) in [7, 11) is 0. The summed E-state index contributed by atoms with van der Waals surface area (Å²) in [5.74, 6) is -0.621. The smallest absolute Gasteiger partial charge is 0.337 e. The highest BCUT2D eigenvalue weighted by Gasteiger charge is 2.35. The van der Waals surface area contributed by atoms with E-state index < -0.39 is 11.9 Å². The van der Waals surface area contributed by atoms with Gasteiger partial charge in [-0.2, -0.15) is 5.26 Å². The zero-order chi connectivity index (χ0) is 26.1. The number of amides is 1. The van der Waals surface area contributed by atoms with E-state index in [1.54, 1.807) is 19.1 Å². The molecular formula is C28H29N3O4S. The number of allylic oxidation sites excluding steroid dienone is 2. The first-order valence-electron chi connectivity index (χ1n) is 11.5. The predicted octanol–water partition coefficient (Wildman–Crippen LogP) is 5.19. The second kappa shape index (κ2) is 12.7. The van der Waals surface area contributed by atoms with E-state index in [0.29, 0.717) is 39.9 Å². The number of carbonyl (C=O) groups excluding carboxylic acids is 2. The van der Waals surface area contributed by atoms with Gasteiger partial charge in [-0.1, -0.05) is 48.7 Å². The first-order chi connectivity index (χ1) is 17.4. The van der Waals surface area contributed by atoms with Gasteiger partial charge in [0.05, 0.1) is 40.5 Å². The quantitative estimate of drug-likeness (QED) is 0.340. The second-order valence-corrected chi connectivity index (χ2v) is 9.03. The van der Waals surface area contributed by atoms with Crippen molar-refractivity contribution in [1.29, 1.82) is 5.26 Å². The molecule has 0 aromatic heterocycles. The van der Waals surface area contributed by atoms with Crippen LogP contribution in [-0.4, -0.2) is 30.8 Å². The number of esters is 1. The second-order valence-electron chi connectivity index (χ2n) is 8.05. The van der Waals surface area contributed by atoms with Crippen molar-refractivity contribution in [1.82, 2.24) is 5.32 Å². The lowest BCUT2D eigenvalue weighted by Gasteiger charge is -2.29. The Hall–Kier alpha value is -3.96. The molecule has 0 aliphatic carbocycles. The van der Waals surface area contributed by atoms with Crippen LogP contribution >= 0.6 is 11.8 Å². The molecule has 1 aliphatic heterocycles. The molecule has 0 saturated carbocycles. The molecule has 2 aromatic carbocycles. The van der Waals surface area contributed by atoms with E-state index in [0.717, 1.165) is 11.1 Å². The van der Waals surface area contributed by atoms with Gasteiger partial charge in [0.1, 0.15) is 12.4 Å². The predicted molar refractivity (Wildman–Crippen MR) is 142 cm³/mol. The van der Waals surface area contributed by atoms with E-state index in [-0.39, 0.29) is 18.3 Å². The van der Waals surface area contributed by atoms with Gasteiger partial charge in [-0.25, -0.2) is 4.79 Å². The fourth-order valence-corrected chi connectivity index (χ4v) is 4.72. The number of benzene rings is 2. The van der Waals surface area contributed by atoms with E-state index in [4.69, 9.17) is 9.47 Å². The zero-order valence-corrected chi connectivity index (χ0v) is 21.4. The third kappa shape index (κ3) is 6.58. The first kappa shape index (κ1) is 26.6. The molecule has 1 amide bonds. The number of nitrogens with one attached hydrogen (secondary N) is 2. The van der Waals surface area contributed by atoms with Crippen LogP contribution in [0.4, 0.5) is 5.69 Å². The Bertz CT molecular complexity index is 1240. The maximum Gasteiger partial charge on any atom is 0.337 e. The van der Waals surface area contributed by atoms with Crippen LogP contribution in [0.2, 0.25) is 0 Å². The molecule has 36 heavy (non-hydrogen) atoms. The average Bonchev–Trinajstić information content (AvgIpc) is 2.86. The van der Waals surface area contributed by atoms with Crippen LogP contribution in [0.3, 0.4) is 0 Å². The minimum atomic E-state index is -0.661. The van der Waals surface area contributed by atoms with E-state index >= 15 is 0 Å². The summed E-state index contributed by atoms with van der Waals surface area (Å²) in [5.41, 5.74) is 3.73. The van der Waals surface area contributed by atoms with Crippen LogP contribution in [0.5, 0.6) is 5.75 Å². The molecule has 0 radical (unpaired) electrons. The van der Waals surface area contributed by atoms with E-state index in [1.165, 1.54) is 17.8 Å². The third-order valence-corrected chi connectivity index (χ3v) is 6.39. The van der Waals surface area contributed by atoms with Gasteiger partial charge in [0.15, 0.2) is 0 Å². The SMILES string of the molecule is C=CCOC(=O)C1=C(C)NC(SCC(=O)Nc2cccc(C)c2)=C(C#N)C1c1ccc(OCC)cc1. The van der Waals surface area contributed by atoms with Crippen molar-refractivity contribution in [2.75, 3.05) is 24.3 Å². The summed E-state index contributed by atoms with van der Waals surface area (Å²) in [6.45, 7) is 9.78. The van der Waals surface area contributed by atoms with Gasteiger partial charge in [-0.05, 0) is 56.2 Å². The van der Waals surface area contributed by atoms with Gasteiger partial charge in [0, 0.05) is 11.4 Å². The van der Waals surface area contributed by atoms with Gasteiger partial charge in [0.25, 0.3) is 0 Å². The fourth-order valence-electron chi connectivity index (χ4n) is 3.82. The number of carbonyl (C=O) groups is 2. The lowest BCUT2D eigenvalue weighted by Crippen LogP contribution is -2.29. The number of aryl methyl sites for hydroxylation is 1. The molecule has 3 rings (SSSR count). The molecule has 1 unspecified atom stereocenters. The third-order valence-electron chi connectivity index (χ3n) is 5.37. The summed E-state index contributed by atoms with van der Waals surface area (Å²) in [4.78, 5) is 25.6. The standard InChI is InChI=1S/C28H29N3O4S/c1-5-14-35-28(33)25-19(4)30-27(36-17-24(32)31-21-9-7-8-18(3)15-21)23(16-29)26(25)20-10-12-22(13-11-20)34-6-2/h5,7-13,15,26,30H,1,6,14,17H2,2-4H3,(H,31,32). The average molecular weight is 504 g/mol. The molecule has 1 heterocycles. The number of anilines is 1. The van der Waals surface area contributed by atoms with Crippen molar-refractivity contribution >= 4 is 29.3 Å². The molecule has 2 N–H and O–H groups in total. The number of nitrogens with zero attached hydrogens (tertiary/aromatic N) is 1. The van der Waals surface area contributed by atoms with Gasteiger partial charge in [-0.15, -0.1) is 0 Å². The summed E-state index contributed by atoms with van der Waals surface area (Å²) >= 11 is 1.21. The maximum absolute atomic E-state index is 13.0. The minimum absolute atomic E-state index is 0.0535. The Balaban J connectivity index is 1.90. The van der Waals surface area contributed by atoms with Crippen LogP contribution in [-0.2, 0) is 14.3 Å². The highest BCUT2D eigenvalue weighted by molar-refractivity contribution is 8.03. The van der Waals surface area contributed by atoms with Gasteiger partial charge in [-0.3, -0.25) is 4.79 Å². The van der Waals surface area contributed by atoms with Crippen LogP contribution < -0.4 is 15.4 Å². The van der Waals surface area contributed by atoms with E-state index in [2.05, 4.69) is 23.3 Å². The summed E-state index contributed by atoms with van der Waals surface area (Å²) in [5, 5.41) is 16.7. The van der Waals surface area contributed by atoms with Crippen molar-refractivity contribution < 1.29 is 19.1 Å². The molecule has 8 heteroatoms. The van der Waals surface area contributed by atoms with Crippen molar-refractivity contribution in [3.8, 4) is 11.8 Å². The number of ether oxygens (including phenoxy) is 2. The highest BCUT2D eigenvalue weighted by Crippen LogP contribution is 2.41. The maximum atomic E-state index is 13.0. The number of thioether (sulfide) groups is 1. The molecular weight excluding hydrogens is 474 g/mol. The minimum Gasteiger partial charge on any atom is -0.494 e. The normalized spacial score (nSPS) is 15.0. The largest absolute Gasteiger partial charge is 0.494 e. The number of hydrogen-bond acceptors (Lipinski definition) is 7. The molecule has 1 aliphatic rings. The number of nitriles is 1. The van der Waals surface area contributed by atoms with Gasteiger partial charge in [0.2, 0.25) is 5.91 Å². The summed E-state index contributed by atoms with van der Waals surface area (Å²) in [6.07, 6.45) is 1.49. The Labute approximate surface area is 215 Å². The molecule has 7 nitrogen and oxygen atoms in total. The first-order valence-corrected chi connectivity index (χ1v) is 12.5.